The van der Waals surface area contributed by atoms with Crippen LogP contribution in [0.1, 0.15) is 29.3 Å². The topological polar surface area (TPSA) is 49.3 Å². The lowest BCUT2D eigenvalue weighted by atomic mass is 10.1. The fourth-order valence-corrected chi connectivity index (χ4v) is 1.81. The average molecular weight is 300 g/mol. The van der Waals surface area contributed by atoms with Crippen molar-refractivity contribution >= 4 is 21.8 Å². The van der Waals surface area contributed by atoms with E-state index in [1.165, 1.54) is 0 Å². The molecule has 2 N–H and O–H groups in total. The molecule has 0 bridgehead atoms. The van der Waals surface area contributed by atoms with Crippen LogP contribution < -0.4 is 5.32 Å². The van der Waals surface area contributed by atoms with Gasteiger partial charge in [0.1, 0.15) is 0 Å². The van der Waals surface area contributed by atoms with Gasteiger partial charge in [0.25, 0.3) is 5.91 Å². The molecular weight excluding hydrogens is 282 g/mol. The first kappa shape index (κ1) is 14.2. The van der Waals surface area contributed by atoms with Crippen molar-refractivity contribution in [2.75, 3.05) is 13.2 Å². The van der Waals surface area contributed by atoms with E-state index in [0.717, 1.165) is 10.9 Å². The highest BCUT2D eigenvalue weighted by atomic mass is 79.9. The molecule has 1 aromatic rings. The number of alkyl halides is 1. The van der Waals surface area contributed by atoms with Gasteiger partial charge in [-0.3, -0.25) is 4.79 Å². The Balaban J connectivity index is 2.46. The van der Waals surface area contributed by atoms with Gasteiger partial charge < -0.3 is 10.4 Å². The van der Waals surface area contributed by atoms with Crippen molar-refractivity contribution in [1.29, 1.82) is 0 Å². The van der Waals surface area contributed by atoms with E-state index in [2.05, 4.69) is 21.2 Å². The van der Waals surface area contributed by atoms with E-state index in [1.54, 1.807) is 0 Å². The van der Waals surface area contributed by atoms with Crippen LogP contribution in [-0.2, 0) is 5.33 Å². The quantitative estimate of drug-likeness (QED) is 0.792. The summed E-state index contributed by atoms with van der Waals surface area (Å²) >= 11 is 3.36. The van der Waals surface area contributed by atoms with Crippen molar-refractivity contribution in [3.05, 3.63) is 35.4 Å². The maximum Gasteiger partial charge on any atom is 0.251 e. The van der Waals surface area contributed by atoms with Gasteiger partial charge in [-0.05, 0) is 30.0 Å². The van der Waals surface area contributed by atoms with Crippen molar-refractivity contribution < 1.29 is 9.90 Å². The molecule has 0 fully saturated rings. The minimum absolute atomic E-state index is 0.0593. The van der Waals surface area contributed by atoms with Crippen LogP contribution in [0.25, 0.3) is 0 Å². The fraction of sp³-hybridized carbons (Fsp3) is 0.462. The number of amides is 1. The monoisotopic (exact) mass is 299 g/mol. The summed E-state index contributed by atoms with van der Waals surface area (Å²) in [6.45, 7) is 2.76. The zero-order valence-electron chi connectivity index (χ0n) is 9.95. The Kier molecular flexibility index (Phi) is 6.22. The van der Waals surface area contributed by atoms with Crippen LogP contribution >= 0.6 is 15.9 Å². The van der Waals surface area contributed by atoms with Crippen molar-refractivity contribution in [3.8, 4) is 0 Å². The van der Waals surface area contributed by atoms with Crippen LogP contribution in [0.5, 0.6) is 0 Å². The molecule has 1 amide bonds. The normalized spacial score (nSPS) is 12.2. The Hall–Kier alpha value is -0.870. The van der Waals surface area contributed by atoms with E-state index in [1.807, 2.05) is 31.2 Å². The zero-order valence-corrected chi connectivity index (χ0v) is 11.5. The lowest BCUT2D eigenvalue weighted by Crippen LogP contribution is -2.28. The Bertz CT molecular complexity index is 351. The molecule has 1 unspecified atom stereocenters. The maximum absolute atomic E-state index is 11.8. The van der Waals surface area contributed by atoms with E-state index >= 15 is 0 Å². The third-order valence-corrected chi connectivity index (χ3v) is 3.25. The highest BCUT2D eigenvalue weighted by molar-refractivity contribution is 9.08. The highest BCUT2D eigenvalue weighted by Crippen LogP contribution is 2.08. The Morgan fingerprint density at radius 1 is 1.41 bits per heavy atom. The number of rotatable bonds is 6. The summed E-state index contributed by atoms with van der Waals surface area (Å²) in [7, 11) is 0. The van der Waals surface area contributed by atoms with E-state index in [-0.39, 0.29) is 12.5 Å². The molecule has 1 atom stereocenters. The predicted molar refractivity (Wildman–Crippen MR) is 72.3 cm³/mol. The smallest absolute Gasteiger partial charge is 0.251 e. The van der Waals surface area contributed by atoms with E-state index < -0.39 is 0 Å². The molecule has 4 heteroatoms. The van der Waals surface area contributed by atoms with E-state index in [9.17, 15) is 4.79 Å². The van der Waals surface area contributed by atoms with Crippen LogP contribution in [-0.4, -0.2) is 24.2 Å². The van der Waals surface area contributed by atoms with Crippen molar-refractivity contribution in [2.24, 2.45) is 5.92 Å². The lowest BCUT2D eigenvalue weighted by Gasteiger charge is -2.11. The molecule has 0 aliphatic rings. The van der Waals surface area contributed by atoms with Crippen LogP contribution in [0.2, 0.25) is 0 Å². The number of aliphatic hydroxyl groups excluding tert-OH is 1. The SMILES string of the molecule is CC(CCO)CNC(=O)c1ccc(CBr)cc1. The van der Waals surface area contributed by atoms with Gasteiger partial charge in [-0.2, -0.15) is 0 Å². The van der Waals surface area contributed by atoms with E-state index in [4.69, 9.17) is 5.11 Å². The molecule has 1 rings (SSSR count). The second-order valence-corrected chi connectivity index (χ2v) is 4.72. The summed E-state index contributed by atoms with van der Waals surface area (Å²) in [4.78, 5) is 11.8. The summed E-state index contributed by atoms with van der Waals surface area (Å²) in [5.41, 5.74) is 1.82. The van der Waals surface area contributed by atoms with Gasteiger partial charge >= 0.3 is 0 Å². The molecule has 0 heterocycles. The molecule has 0 aliphatic heterocycles. The zero-order chi connectivity index (χ0) is 12.7. The minimum atomic E-state index is -0.0593. The number of hydrogen-bond acceptors (Lipinski definition) is 2. The number of aliphatic hydroxyl groups is 1. The van der Waals surface area contributed by atoms with Gasteiger partial charge in [0, 0.05) is 24.0 Å². The molecule has 0 saturated heterocycles. The Morgan fingerprint density at radius 3 is 2.59 bits per heavy atom. The van der Waals surface area contributed by atoms with Crippen molar-refractivity contribution in [1.82, 2.24) is 5.32 Å². The molecule has 0 spiro atoms. The van der Waals surface area contributed by atoms with Gasteiger partial charge in [-0.25, -0.2) is 0 Å². The van der Waals surface area contributed by atoms with Crippen LogP contribution in [0, 0.1) is 5.92 Å². The third kappa shape index (κ3) is 4.88. The maximum atomic E-state index is 11.8. The number of halogens is 1. The molecule has 17 heavy (non-hydrogen) atoms. The third-order valence-electron chi connectivity index (χ3n) is 2.60. The van der Waals surface area contributed by atoms with Crippen LogP contribution in [0.15, 0.2) is 24.3 Å². The molecule has 3 nitrogen and oxygen atoms in total. The Labute approximate surface area is 110 Å². The second kappa shape index (κ2) is 7.45. The predicted octanol–water partition coefficient (Wildman–Crippen LogP) is 2.33. The first-order valence-electron chi connectivity index (χ1n) is 5.71. The van der Waals surface area contributed by atoms with Gasteiger partial charge in [-0.1, -0.05) is 35.0 Å². The number of carbonyl (C=O) groups is 1. The summed E-state index contributed by atoms with van der Waals surface area (Å²) < 4.78 is 0. The number of benzene rings is 1. The second-order valence-electron chi connectivity index (χ2n) is 4.16. The lowest BCUT2D eigenvalue weighted by molar-refractivity contribution is 0.0945. The molecule has 0 radical (unpaired) electrons. The number of nitrogens with one attached hydrogen (secondary N) is 1. The average Bonchev–Trinajstić information content (AvgIpc) is 2.36. The summed E-state index contributed by atoms with van der Waals surface area (Å²) in [6, 6.07) is 7.51. The van der Waals surface area contributed by atoms with Gasteiger partial charge in [-0.15, -0.1) is 0 Å². The Morgan fingerprint density at radius 2 is 2.06 bits per heavy atom. The van der Waals surface area contributed by atoms with Gasteiger partial charge in [0.15, 0.2) is 0 Å². The number of carbonyl (C=O) groups excluding carboxylic acids is 1. The number of hydrogen-bond donors (Lipinski definition) is 2. The van der Waals surface area contributed by atoms with Crippen molar-refractivity contribution in [2.45, 2.75) is 18.7 Å². The molecule has 0 aromatic heterocycles. The first-order valence-corrected chi connectivity index (χ1v) is 6.83. The van der Waals surface area contributed by atoms with Gasteiger partial charge in [0.2, 0.25) is 0 Å². The largest absolute Gasteiger partial charge is 0.396 e. The molecule has 94 valence electrons. The summed E-state index contributed by atoms with van der Waals surface area (Å²) in [5.74, 6) is 0.238. The van der Waals surface area contributed by atoms with Crippen LogP contribution in [0.3, 0.4) is 0 Å². The molecule has 1 aromatic carbocycles. The van der Waals surface area contributed by atoms with Crippen LogP contribution in [0.4, 0.5) is 0 Å². The van der Waals surface area contributed by atoms with Crippen molar-refractivity contribution in [3.63, 3.8) is 0 Å². The van der Waals surface area contributed by atoms with E-state index in [0.29, 0.717) is 24.4 Å². The minimum Gasteiger partial charge on any atom is -0.396 e. The molecule has 0 aliphatic carbocycles. The summed E-state index contributed by atoms with van der Waals surface area (Å²) in [6.07, 6.45) is 0.711. The fourth-order valence-electron chi connectivity index (χ4n) is 1.44. The molecular formula is C13H18BrNO2. The van der Waals surface area contributed by atoms with Gasteiger partial charge in [0.05, 0.1) is 0 Å². The molecule has 0 saturated carbocycles. The first-order chi connectivity index (χ1) is 8.17. The highest BCUT2D eigenvalue weighted by Gasteiger charge is 2.07. The summed E-state index contributed by atoms with van der Waals surface area (Å²) in [5, 5.41) is 12.4. The standard InChI is InChI=1S/C13H18BrNO2/c1-10(6-7-16)9-15-13(17)12-4-2-11(8-14)3-5-12/h2-5,10,16H,6-9H2,1H3,(H,15,17).